The molecule has 1 heterocycles. The Hall–Kier alpha value is -2.70. The Morgan fingerprint density at radius 1 is 1.19 bits per heavy atom. The number of nitrogens with zero attached hydrogens (tertiary/aromatic N) is 1. The van der Waals surface area contributed by atoms with Crippen LogP contribution >= 0.6 is 0 Å². The van der Waals surface area contributed by atoms with Gasteiger partial charge in [-0.2, -0.15) is 0 Å². The van der Waals surface area contributed by atoms with E-state index in [1.54, 1.807) is 13.8 Å². The molecule has 1 aromatic rings. The topological polar surface area (TPSA) is 118 Å². The standard InChI is InChI=1S/C14H14N2O5/c1-14(2,6-10(15)17)16-11(18)8-4-3-7(13(20)21)5-9(8)12(16)19/h3-5H,6H2,1-2H3,(H2,15,17)(H,20,21). The molecule has 0 aromatic heterocycles. The molecule has 0 saturated heterocycles. The van der Waals surface area contributed by atoms with Crippen LogP contribution in [0.3, 0.4) is 0 Å². The van der Waals surface area contributed by atoms with E-state index < -0.39 is 29.2 Å². The zero-order valence-corrected chi connectivity index (χ0v) is 11.5. The van der Waals surface area contributed by atoms with Crippen LogP contribution in [0.25, 0.3) is 0 Å². The van der Waals surface area contributed by atoms with Gasteiger partial charge in [0.1, 0.15) is 0 Å². The first-order chi connectivity index (χ1) is 9.65. The second-order valence-electron chi connectivity index (χ2n) is 5.47. The molecule has 0 fully saturated rings. The van der Waals surface area contributed by atoms with Crippen LogP contribution in [0.1, 0.15) is 51.3 Å². The molecule has 0 atom stereocenters. The molecule has 1 aliphatic heterocycles. The van der Waals surface area contributed by atoms with E-state index in [2.05, 4.69) is 0 Å². The van der Waals surface area contributed by atoms with Crippen LogP contribution in [-0.2, 0) is 4.79 Å². The predicted molar refractivity (Wildman–Crippen MR) is 71.8 cm³/mol. The highest BCUT2D eigenvalue weighted by Gasteiger charge is 2.44. The van der Waals surface area contributed by atoms with E-state index in [4.69, 9.17) is 10.8 Å². The summed E-state index contributed by atoms with van der Waals surface area (Å²) in [5.74, 6) is -3.00. The van der Waals surface area contributed by atoms with Crippen molar-refractivity contribution in [3.63, 3.8) is 0 Å². The third-order valence-electron chi connectivity index (χ3n) is 3.35. The van der Waals surface area contributed by atoms with Gasteiger partial charge in [-0.15, -0.1) is 0 Å². The van der Waals surface area contributed by atoms with Gasteiger partial charge in [0.05, 0.1) is 22.2 Å². The van der Waals surface area contributed by atoms with Crippen LogP contribution in [0, 0.1) is 0 Å². The normalized spacial score (nSPS) is 14.3. The molecular formula is C14H14N2O5. The average Bonchev–Trinajstić information content (AvgIpc) is 2.60. The third kappa shape index (κ3) is 2.37. The molecule has 110 valence electrons. The first-order valence-corrected chi connectivity index (χ1v) is 6.19. The number of nitrogens with two attached hydrogens (primary N) is 1. The lowest BCUT2D eigenvalue weighted by Crippen LogP contribution is -2.49. The first kappa shape index (κ1) is 14.7. The van der Waals surface area contributed by atoms with Crippen molar-refractivity contribution in [3.05, 3.63) is 34.9 Å². The smallest absolute Gasteiger partial charge is 0.335 e. The lowest BCUT2D eigenvalue weighted by Gasteiger charge is -2.32. The first-order valence-electron chi connectivity index (χ1n) is 6.19. The molecule has 2 rings (SSSR count). The van der Waals surface area contributed by atoms with Crippen molar-refractivity contribution in [1.82, 2.24) is 4.90 Å². The number of fused-ring (bicyclic) bond motifs is 1. The molecule has 3 amide bonds. The number of imide groups is 1. The highest BCUT2D eigenvalue weighted by molar-refractivity contribution is 6.22. The number of carboxylic acids is 1. The number of carbonyl (C=O) groups excluding carboxylic acids is 3. The maximum atomic E-state index is 12.4. The zero-order chi connectivity index (χ0) is 15.9. The Morgan fingerprint density at radius 2 is 1.76 bits per heavy atom. The minimum Gasteiger partial charge on any atom is -0.478 e. The van der Waals surface area contributed by atoms with Gasteiger partial charge in [-0.25, -0.2) is 4.79 Å². The van der Waals surface area contributed by atoms with Crippen LogP contribution in [-0.4, -0.2) is 39.2 Å². The van der Waals surface area contributed by atoms with E-state index in [0.717, 1.165) is 11.0 Å². The fourth-order valence-corrected chi connectivity index (χ4v) is 2.43. The molecule has 0 aliphatic carbocycles. The van der Waals surface area contributed by atoms with Gasteiger partial charge in [-0.1, -0.05) is 0 Å². The van der Waals surface area contributed by atoms with Crippen molar-refractivity contribution in [1.29, 1.82) is 0 Å². The fraction of sp³-hybridized carbons (Fsp3) is 0.286. The van der Waals surface area contributed by atoms with E-state index in [1.165, 1.54) is 12.1 Å². The van der Waals surface area contributed by atoms with Crippen LogP contribution in [0.2, 0.25) is 0 Å². The summed E-state index contributed by atoms with van der Waals surface area (Å²) in [5, 5.41) is 8.94. The maximum absolute atomic E-state index is 12.4. The number of carboxylic acid groups (broad SMARTS) is 1. The minimum absolute atomic E-state index is 0.0254. The summed E-state index contributed by atoms with van der Waals surface area (Å²) >= 11 is 0. The summed E-state index contributed by atoms with van der Waals surface area (Å²) in [4.78, 5) is 47.7. The number of primary amides is 1. The Bertz CT molecular complexity index is 678. The molecule has 3 N–H and O–H groups in total. The van der Waals surface area contributed by atoms with Crippen molar-refractivity contribution >= 4 is 23.7 Å². The molecule has 1 aliphatic rings. The van der Waals surface area contributed by atoms with Gasteiger partial charge in [0, 0.05) is 6.42 Å². The van der Waals surface area contributed by atoms with E-state index in [9.17, 15) is 19.2 Å². The monoisotopic (exact) mass is 290 g/mol. The number of hydrogen-bond donors (Lipinski definition) is 2. The zero-order valence-electron chi connectivity index (χ0n) is 11.5. The van der Waals surface area contributed by atoms with E-state index in [-0.39, 0.29) is 23.1 Å². The van der Waals surface area contributed by atoms with E-state index in [0.29, 0.717) is 0 Å². The summed E-state index contributed by atoms with van der Waals surface area (Å²) < 4.78 is 0. The predicted octanol–water partition coefficient (Wildman–Crippen LogP) is 0.635. The van der Waals surface area contributed by atoms with E-state index in [1.807, 2.05) is 0 Å². The SMILES string of the molecule is CC(C)(CC(N)=O)N1C(=O)c2ccc(C(=O)O)cc2C1=O. The van der Waals surface area contributed by atoms with Gasteiger partial charge in [-0.05, 0) is 32.0 Å². The molecule has 7 nitrogen and oxygen atoms in total. The van der Waals surface area contributed by atoms with Crippen molar-refractivity contribution < 1.29 is 24.3 Å². The molecule has 0 saturated carbocycles. The lowest BCUT2D eigenvalue weighted by molar-refractivity contribution is -0.119. The highest BCUT2D eigenvalue weighted by atomic mass is 16.4. The van der Waals surface area contributed by atoms with Crippen LogP contribution < -0.4 is 5.73 Å². The molecule has 7 heteroatoms. The summed E-state index contributed by atoms with van der Waals surface area (Å²) in [6.45, 7) is 3.11. The van der Waals surface area contributed by atoms with Crippen molar-refractivity contribution in [3.8, 4) is 0 Å². The Labute approximate surface area is 120 Å². The average molecular weight is 290 g/mol. The van der Waals surface area contributed by atoms with Crippen LogP contribution in [0.5, 0.6) is 0 Å². The molecule has 0 spiro atoms. The lowest BCUT2D eigenvalue weighted by atomic mass is 9.98. The number of amides is 3. The molecule has 1 aromatic carbocycles. The van der Waals surface area contributed by atoms with Crippen molar-refractivity contribution in [2.24, 2.45) is 5.73 Å². The van der Waals surface area contributed by atoms with Crippen molar-refractivity contribution in [2.45, 2.75) is 25.8 Å². The molecule has 0 bridgehead atoms. The minimum atomic E-state index is -1.19. The number of benzene rings is 1. The van der Waals surface area contributed by atoms with Crippen molar-refractivity contribution in [2.75, 3.05) is 0 Å². The third-order valence-corrected chi connectivity index (χ3v) is 3.35. The van der Waals surface area contributed by atoms with Crippen LogP contribution in [0.4, 0.5) is 0 Å². The second-order valence-corrected chi connectivity index (χ2v) is 5.47. The van der Waals surface area contributed by atoms with Gasteiger partial charge >= 0.3 is 5.97 Å². The number of rotatable bonds is 4. The Kier molecular flexibility index (Phi) is 3.29. The quantitative estimate of drug-likeness (QED) is 0.789. The summed E-state index contributed by atoms with van der Waals surface area (Å²) in [5.41, 5.74) is 4.13. The largest absolute Gasteiger partial charge is 0.478 e. The summed E-state index contributed by atoms with van der Waals surface area (Å²) in [6.07, 6.45) is -0.176. The summed E-state index contributed by atoms with van der Waals surface area (Å²) in [7, 11) is 0. The Morgan fingerprint density at radius 3 is 2.29 bits per heavy atom. The maximum Gasteiger partial charge on any atom is 0.335 e. The van der Waals surface area contributed by atoms with Gasteiger partial charge in [0.25, 0.3) is 11.8 Å². The van der Waals surface area contributed by atoms with Gasteiger partial charge < -0.3 is 10.8 Å². The number of hydrogen-bond acceptors (Lipinski definition) is 4. The molecule has 0 unspecified atom stereocenters. The molecule has 21 heavy (non-hydrogen) atoms. The Balaban J connectivity index is 2.47. The van der Waals surface area contributed by atoms with Crippen LogP contribution in [0.15, 0.2) is 18.2 Å². The number of carbonyl (C=O) groups is 4. The number of aromatic carboxylic acids is 1. The second kappa shape index (κ2) is 4.69. The fourth-order valence-electron chi connectivity index (χ4n) is 2.43. The van der Waals surface area contributed by atoms with Gasteiger partial charge in [0.15, 0.2) is 0 Å². The summed E-state index contributed by atoms with van der Waals surface area (Å²) in [6, 6.07) is 3.73. The molecule has 0 radical (unpaired) electrons. The van der Waals surface area contributed by atoms with E-state index >= 15 is 0 Å². The van der Waals surface area contributed by atoms with Gasteiger partial charge in [-0.3, -0.25) is 19.3 Å². The van der Waals surface area contributed by atoms with Gasteiger partial charge in [0.2, 0.25) is 5.91 Å². The molecular weight excluding hydrogens is 276 g/mol. The highest BCUT2D eigenvalue weighted by Crippen LogP contribution is 2.31.